The van der Waals surface area contributed by atoms with Crippen molar-refractivity contribution in [3.63, 3.8) is 0 Å². The van der Waals surface area contributed by atoms with E-state index in [9.17, 15) is 9.59 Å². The van der Waals surface area contributed by atoms with Crippen molar-refractivity contribution in [3.8, 4) is 0 Å². The maximum Gasteiger partial charge on any atom is 0.271 e. The predicted molar refractivity (Wildman–Crippen MR) is 117 cm³/mol. The van der Waals surface area contributed by atoms with Crippen LogP contribution in [-0.4, -0.2) is 52.9 Å². The maximum atomic E-state index is 12.2. The van der Waals surface area contributed by atoms with Crippen LogP contribution in [0.25, 0.3) is 0 Å². The molecule has 160 valence electrons. The molecular weight excluding hydrogens is 406 g/mol. The van der Waals surface area contributed by atoms with Crippen LogP contribution in [0, 0.1) is 0 Å². The molecular formula is C20H26ClN7O2. The van der Waals surface area contributed by atoms with Crippen molar-refractivity contribution in [2.24, 2.45) is 11.5 Å². The van der Waals surface area contributed by atoms with Crippen LogP contribution in [0.4, 0.5) is 17.3 Å². The van der Waals surface area contributed by atoms with E-state index in [4.69, 9.17) is 23.1 Å². The van der Waals surface area contributed by atoms with E-state index in [1.54, 1.807) is 32.3 Å². The van der Waals surface area contributed by atoms with Gasteiger partial charge in [0, 0.05) is 31.9 Å². The van der Waals surface area contributed by atoms with Crippen LogP contribution in [0.5, 0.6) is 0 Å². The Morgan fingerprint density at radius 1 is 1.23 bits per heavy atom. The highest BCUT2D eigenvalue weighted by atomic mass is 35.5. The summed E-state index contributed by atoms with van der Waals surface area (Å²) in [7, 11) is 3.30. The molecule has 1 aliphatic carbocycles. The lowest BCUT2D eigenvalue weighted by molar-refractivity contribution is 0.0827. The summed E-state index contributed by atoms with van der Waals surface area (Å²) in [4.78, 5) is 34.0. The molecule has 2 unspecified atom stereocenters. The number of primary amides is 1. The highest BCUT2D eigenvalue weighted by Crippen LogP contribution is 2.26. The minimum atomic E-state index is -0.712. The van der Waals surface area contributed by atoms with Crippen molar-refractivity contribution in [2.75, 3.05) is 24.7 Å². The van der Waals surface area contributed by atoms with E-state index in [0.29, 0.717) is 17.1 Å². The smallest absolute Gasteiger partial charge is 0.271 e. The summed E-state index contributed by atoms with van der Waals surface area (Å²) >= 11 is 6.27. The fourth-order valence-corrected chi connectivity index (χ4v) is 3.66. The van der Waals surface area contributed by atoms with Gasteiger partial charge in [0.05, 0.1) is 16.8 Å². The first-order valence-corrected chi connectivity index (χ1v) is 10.1. The number of halogens is 1. The van der Waals surface area contributed by atoms with Crippen molar-refractivity contribution < 1.29 is 9.59 Å². The molecule has 3 rings (SSSR count). The Kier molecular flexibility index (Phi) is 6.73. The van der Waals surface area contributed by atoms with Crippen molar-refractivity contribution >= 4 is 40.7 Å². The molecule has 0 bridgehead atoms. The Balaban J connectivity index is 1.85. The summed E-state index contributed by atoms with van der Waals surface area (Å²) in [5, 5.41) is 6.60. The summed E-state index contributed by atoms with van der Waals surface area (Å²) in [5.41, 5.74) is 12.6. The largest absolute Gasteiger partial charge is 0.364 e. The maximum absolute atomic E-state index is 12.2. The second-order valence-electron chi connectivity index (χ2n) is 7.54. The minimum absolute atomic E-state index is 0.00180. The number of aromatic nitrogens is 2. The van der Waals surface area contributed by atoms with Gasteiger partial charge in [0.1, 0.15) is 5.82 Å². The zero-order chi connectivity index (χ0) is 21.8. The number of amides is 2. The van der Waals surface area contributed by atoms with Gasteiger partial charge in [-0.3, -0.25) is 9.59 Å². The lowest BCUT2D eigenvalue weighted by atomic mass is 9.91. The predicted octanol–water partition coefficient (Wildman–Crippen LogP) is 2.36. The molecule has 10 heteroatoms. The highest BCUT2D eigenvalue weighted by molar-refractivity contribution is 6.34. The van der Waals surface area contributed by atoms with E-state index in [1.165, 1.54) is 11.1 Å². The number of anilines is 3. The summed E-state index contributed by atoms with van der Waals surface area (Å²) in [6.45, 7) is 0. The second kappa shape index (κ2) is 9.27. The Hall–Kier alpha value is -2.91. The third-order valence-corrected chi connectivity index (χ3v) is 5.34. The molecule has 9 nitrogen and oxygen atoms in total. The monoisotopic (exact) mass is 431 g/mol. The number of nitrogens with two attached hydrogens (primary N) is 2. The first-order valence-electron chi connectivity index (χ1n) is 9.73. The van der Waals surface area contributed by atoms with Crippen LogP contribution in [0.3, 0.4) is 0 Å². The number of rotatable bonds is 6. The number of nitrogens with one attached hydrogen (secondary N) is 2. The van der Waals surface area contributed by atoms with Crippen LogP contribution < -0.4 is 22.1 Å². The minimum Gasteiger partial charge on any atom is -0.364 e. The van der Waals surface area contributed by atoms with E-state index in [2.05, 4.69) is 20.6 Å². The van der Waals surface area contributed by atoms with Crippen LogP contribution in [0.1, 0.15) is 46.5 Å². The highest BCUT2D eigenvalue weighted by Gasteiger charge is 2.23. The van der Waals surface area contributed by atoms with Crippen molar-refractivity contribution in [1.29, 1.82) is 0 Å². The fraction of sp³-hybridized carbons (Fsp3) is 0.400. The van der Waals surface area contributed by atoms with Gasteiger partial charge in [-0.05, 0) is 31.0 Å². The number of hydrogen-bond donors (Lipinski definition) is 4. The quantitative estimate of drug-likeness (QED) is 0.550. The van der Waals surface area contributed by atoms with Gasteiger partial charge in [-0.2, -0.15) is 0 Å². The van der Waals surface area contributed by atoms with Crippen LogP contribution in [0.15, 0.2) is 24.4 Å². The lowest BCUT2D eigenvalue weighted by Gasteiger charge is -2.29. The van der Waals surface area contributed by atoms with E-state index < -0.39 is 5.91 Å². The van der Waals surface area contributed by atoms with Gasteiger partial charge in [-0.15, -0.1) is 0 Å². The second-order valence-corrected chi connectivity index (χ2v) is 7.94. The molecule has 1 aromatic heterocycles. The zero-order valence-corrected chi connectivity index (χ0v) is 17.7. The van der Waals surface area contributed by atoms with Crippen molar-refractivity contribution in [3.05, 3.63) is 40.7 Å². The molecule has 2 atom stereocenters. The summed E-state index contributed by atoms with van der Waals surface area (Å²) in [5.74, 6) is -0.231. The van der Waals surface area contributed by atoms with Crippen LogP contribution in [-0.2, 0) is 0 Å². The van der Waals surface area contributed by atoms with Gasteiger partial charge in [0.15, 0.2) is 11.5 Å². The van der Waals surface area contributed by atoms with Gasteiger partial charge < -0.3 is 27.0 Å². The number of hydrogen-bond acceptors (Lipinski definition) is 7. The Bertz CT molecular complexity index is 951. The molecule has 1 fully saturated rings. The molecule has 1 heterocycles. The summed E-state index contributed by atoms with van der Waals surface area (Å²) < 4.78 is 0. The van der Waals surface area contributed by atoms with E-state index >= 15 is 0 Å². The molecule has 2 amide bonds. The Morgan fingerprint density at radius 2 is 1.97 bits per heavy atom. The van der Waals surface area contributed by atoms with Gasteiger partial charge >= 0.3 is 0 Å². The first kappa shape index (κ1) is 21.8. The summed E-state index contributed by atoms with van der Waals surface area (Å²) in [6.07, 6.45) is 5.58. The zero-order valence-electron chi connectivity index (χ0n) is 17.0. The van der Waals surface area contributed by atoms with Crippen molar-refractivity contribution in [1.82, 2.24) is 14.9 Å². The number of carbonyl (C=O) groups is 2. The third-order valence-electron chi connectivity index (χ3n) is 5.03. The standard InChI is InChI=1S/C20H26ClN7O2/c1-28(2)20(30)12-8-7-11(9-13(12)21)25-19-17(18(23)29)24-10-16(27-19)26-15-6-4-3-5-14(15)22/h7-10,14-15H,3-6,22H2,1-2H3,(H2,23,29)(H2,25,26,27). The Morgan fingerprint density at radius 3 is 2.60 bits per heavy atom. The number of nitrogens with zero attached hydrogens (tertiary/aromatic N) is 3. The molecule has 0 spiro atoms. The van der Waals surface area contributed by atoms with Gasteiger partial charge in [0.2, 0.25) is 0 Å². The number of benzene rings is 1. The van der Waals surface area contributed by atoms with E-state index in [0.717, 1.165) is 25.7 Å². The molecule has 2 aromatic rings. The third kappa shape index (κ3) is 4.98. The summed E-state index contributed by atoms with van der Waals surface area (Å²) in [6, 6.07) is 4.99. The van der Waals surface area contributed by atoms with Gasteiger partial charge in [-0.1, -0.05) is 24.4 Å². The normalized spacial score (nSPS) is 18.5. The molecule has 0 saturated heterocycles. The molecule has 30 heavy (non-hydrogen) atoms. The van der Waals surface area contributed by atoms with Crippen LogP contribution in [0.2, 0.25) is 5.02 Å². The van der Waals surface area contributed by atoms with Crippen LogP contribution >= 0.6 is 11.6 Å². The molecule has 0 aliphatic heterocycles. The fourth-order valence-electron chi connectivity index (χ4n) is 3.40. The molecule has 1 saturated carbocycles. The average Bonchev–Trinajstić information content (AvgIpc) is 2.69. The molecule has 0 radical (unpaired) electrons. The molecule has 6 N–H and O–H groups in total. The van der Waals surface area contributed by atoms with E-state index in [1.807, 2.05) is 0 Å². The van der Waals surface area contributed by atoms with Crippen molar-refractivity contribution in [2.45, 2.75) is 37.8 Å². The number of carbonyl (C=O) groups excluding carboxylic acids is 2. The topological polar surface area (TPSA) is 139 Å². The molecule has 1 aromatic carbocycles. The SMILES string of the molecule is CN(C)C(=O)c1ccc(Nc2nc(NC3CCCCC3N)cnc2C(N)=O)cc1Cl. The Labute approximate surface area is 180 Å². The molecule has 1 aliphatic rings. The average molecular weight is 432 g/mol. The van der Waals surface area contributed by atoms with Gasteiger partial charge in [0.25, 0.3) is 11.8 Å². The first-order chi connectivity index (χ1) is 14.3. The van der Waals surface area contributed by atoms with E-state index in [-0.39, 0.29) is 34.5 Å². The van der Waals surface area contributed by atoms with Gasteiger partial charge in [-0.25, -0.2) is 9.97 Å². The lowest BCUT2D eigenvalue weighted by Crippen LogP contribution is -2.42.